The van der Waals surface area contributed by atoms with Crippen molar-refractivity contribution in [3.63, 3.8) is 0 Å². The minimum Gasteiger partial charge on any atom is -0.462 e. The lowest BCUT2D eigenvalue weighted by molar-refractivity contribution is -0.151. The van der Waals surface area contributed by atoms with Crippen molar-refractivity contribution in [1.29, 1.82) is 0 Å². The van der Waals surface area contributed by atoms with Gasteiger partial charge in [-0.15, -0.1) is 13.2 Å². The predicted molar refractivity (Wildman–Crippen MR) is 88.1 cm³/mol. The van der Waals surface area contributed by atoms with E-state index in [4.69, 9.17) is 9.47 Å². The van der Waals surface area contributed by atoms with Gasteiger partial charge in [-0.1, -0.05) is 55.1 Å². The Morgan fingerprint density at radius 2 is 1.32 bits per heavy atom. The first-order valence-corrected chi connectivity index (χ1v) is 6.84. The molecule has 0 aromatic heterocycles. The summed E-state index contributed by atoms with van der Waals surface area (Å²) in [6.45, 7) is 10.6. The fraction of sp³-hybridized carbons (Fsp3) is 0.222. The maximum absolute atomic E-state index is 10.8. The summed E-state index contributed by atoms with van der Waals surface area (Å²) in [6, 6.07) is 10.0. The van der Waals surface area contributed by atoms with Gasteiger partial charge in [0.25, 0.3) is 0 Å². The molecule has 1 aromatic rings. The summed E-state index contributed by atoms with van der Waals surface area (Å²) < 4.78 is 9.40. The third-order valence-electron chi connectivity index (χ3n) is 2.27. The highest BCUT2D eigenvalue weighted by atomic mass is 16.6. The molecular weight excluding hydrogens is 280 g/mol. The standard InChI is InChI=1S/C10H14O4.C8H8/c1-3-5-9(11)13-7-8-14-10(12)6-4-2;1-2-8-6-4-3-5-7-8/h3-4H,1-2,5-8H2;2-7H,1H2. The summed E-state index contributed by atoms with van der Waals surface area (Å²) in [4.78, 5) is 21.5. The molecule has 118 valence electrons. The van der Waals surface area contributed by atoms with Crippen LogP contribution in [0.15, 0.2) is 62.2 Å². The molecule has 0 fully saturated rings. The lowest BCUT2D eigenvalue weighted by Gasteiger charge is -2.03. The summed E-state index contributed by atoms with van der Waals surface area (Å²) in [6.07, 6.45) is 5.07. The lowest BCUT2D eigenvalue weighted by atomic mass is 10.2. The number of carbonyl (C=O) groups is 2. The first-order valence-electron chi connectivity index (χ1n) is 6.84. The molecule has 4 heteroatoms. The summed E-state index contributed by atoms with van der Waals surface area (Å²) >= 11 is 0. The van der Waals surface area contributed by atoms with Crippen molar-refractivity contribution in [2.75, 3.05) is 13.2 Å². The number of esters is 2. The smallest absolute Gasteiger partial charge is 0.309 e. The monoisotopic (exact) mass is 302 g/mol. The van der Waals surface area contributed by atoms with E-state index in [0.717, 1.165) is 0 Å². The van der Waals surface area contributed by atoms with E-state index in [-0.39, 0.29) is 38.0 Å². The highest BCUT2D eigenvalue weighted by molar-refractivity contribution is 5.71. The maximum atomic E-state index is 10.8. The van der Waals surface area contributed by atoms with Gasteiger partial charge in [0.1, 0.15) is 13.2 Å². The zero-order valence-corrected chi connectivity index (χ0v) is 12.7. The number of carbonyl (C=O) groups excluding carboxylic acids is 2. The van der Waals surface area contributed by atoms with E-state index in [1.54, 1.807) is 0 Å². The van der Waals surface area contributed by atoms with Crippen LogP contribution >= 0.6 is 0 Å². The van der Waals surface area contributed by atoms with Crippen LogP contribution in [0.3, 0.4) is 0 Å². The Kier molecular flexibility index (Phi) is 11.8. The molecule has 0 aliphatic heterocycles. The van der Waals surface area contributed by atoms with Crippen molar-refractivity contribution in [2.45, 2.75) is 12.8 Å². The van der Waals surface area contributed by atoms with Crippen LogP contribution < -0.4 is 0 Å². The summed E-state index contributed by atoms with van der Waals surface area (Å²) in [7, 11) is 0. The van der Waals surface area contributed by atoms with Gasteiger partial charge in [-0.3, -0.25) is 9.59 Å². The number of benzene rings is 1. The number of rotatable bonds is 8. The molecule has 1 aromatic carbocycles. The molecule has 4 nitrogen and oxygen atoms in total. The van der Waals surface area contributed by atoms with Gasteiger partial charge < -0.3 is 9.47 Å². The van der Waals surface area contributed by atoms with Gasteiger partial charge in [0, 0.05) is 0 Å². The molecular formula is C18H22O4. The van der Waals surface area contributed by atoms with Crippen LogP contribution in [0.2, 0.25) is 0 Å². The van der Waals surface area contributed by atoms with E-state index in [1.165, 1.54) is 17.7 Å². The summed E-state index contributed by atoms with van der Waals surface area (Å²) in [5, 5.41) is 0. The molecule has 22 heavy (non-hydrogen) atoms. The summed E-state index contributed by atoms with van der Waals surface area (Å²) in [5.74, 6) is -0.750. The zero-order valence-electron chi connectivity index (χ0n) is 12.7. The van der Waals surface area contributed by atoms with Crippen LogP contribution in [-0.2, 0) is 19.1 Å². The van der Waals surface area contributed by atoms with Gasteiger partial charge >= 0.3 is 11.9 Å². The maximum Gasteiger partial charge on any atom is 0.309 e. The molecule has 0 saturated heterocycles. The molecule has 0 N–H and O–H groups in total. The number of hydrogen-bond donors (Lipinski definition) is 0. The van der Waals surface area contributed by atoms with Crippen LogP contribution in [0.4, 0.5) is 0 Å². The van der Waals surface area contributed by atoms with E-state index in [1.807, 2.05) is 36.4 Å². The predicted octanol–water partition coefficient (Wildman–Crippen LogP) is 3.55. The Bertz CT molecular complexity index is 453. The lowest BCUT2D eigenvalue weighted by Crippen LogP contribution is -2.12. The van der Waals surface area contributed by atoms with Gasteiger partial charge in [0.2, 0.25) is 0 Å². The Balaban J connectivity index is 0.000000461. The molecule has 0 amide bonds. The van der Waals surface area contributed by atoms with Crippen molar-refractivity contribution in [1.82, 2.24) is 0 Å². The van der Waals surface area contributed by atoms with Crippen molar-refractivity contribution in [2.24, 2.45) is 0 Å². The zero-order chi connectivity index (χ0) is 16.6. The van der Waals surface area contributed by atoms with Gasteiger partial charge in [0.15, 0.2) is 0 Å². The van der Waals surface area contributed by atoms with Crippen molar-refractivity contribution < 1.29 is 19.1 Å². The normalized spacial score (nSPS) is 8.73. The van der Waals surface area contributed by atoms with E-state index in [9.17, 15) is 9.59 Å². The molecule has 0 aliphatic carbocycles. The van der Waals surface area contributed by atoms with Gasteiger partial charge in [-0.2, -0.15) is 0 Å². The molecule has 0 heterocycles. The second-order valence-electron chi connectivity index (χ2n) is 4.04. The molecule has 0 atom stereocenters. The number of ether oxygens (including phenoxy) is 2. The van der Waals surface area contributed by atoms with Crippen LogP contribution in [0, 0.1) is 0 Å². The van der Waals surface area contributed by atoms with E-state index in [0.29, 0.717) is 0 Å². The van der Waals surface area contributed by atoms with Crippen LogP contribution in [0.5, 0.6) is 0 Å². The first-order chi connectivity index (χ1) is 10.6. The van der Waals surface area contributed by atoms with Gasteiger partial charge in [-0.05, 0) is 5.56 Å². The van der Waals surface area contributed by atoms with Crippen LogP contribution in [-0.4, -0.2) is 25.2 Å². The average Bonchev–Trinajstić information content (AvgIpc) is 2.53. The largest absolute Gasteiger partial charge is 0.462 e. The van der Waals surface area contributed by atoms with Crippen LogP contribution in [0.25, 0.3) is 6.08 Å². The molecule has 0 spiro atoms. The minimum atomic E-state index is -0.375. The molecule has 0 bridgehead atoms. The fourth-order valence-corrected chi connectivity index (χ4v) is 1.25. The van der Waals surface area contributed by atoms with E-state index in [2.05, 4.69) is 19.7 Å². The second-order valence-corrected chi connectivity index (χ2v) is 4.04. The van der Waals surface area contributed by atoms with Gasteiger partial charge in [0.05, 0.1) is 12.8 Å². The molecule has 0 unspecified atom stereocenters. The quantitative estimate of drug-likeness (QED) is 0.418. The van der Waals surface area contributed by atoms with E-state index >= 15 is 0 Å². The first kappa shape index (κ1) is 19.4. The Hall–Kier alpha value is -2.62. The summed E-state index contributed by atoms with van der Waals surface area (Å²) in [5.41, 5.74) is 1.17. The molecule has 0 radical (unpaired) electrons. The Morgan fingerprint density at radius 3 is 1.64 bits per heavy atom. The highest BCUT2D eigenvalue weighted by Gasteiger charge is 2.01. The second kappa shape index (κ2) is 13.4. The topological polar surface area (TPSA) is 52.6 Å². The van der Waals surface area contributed by atoms with Gasteiger partial charge in [-0.25, -0.2) is 0 Å². The highest BCUT2D eigenvalue weighted by Crippen LogP contribution is 1.97. The third-order valence-corrected chi connectivity index (χ3v) is 2.27. The molecule has 1 rings (SSSR count). The molecule has 0 aliphatic rings. The van der Waals surface area contributed by atoms with E-state index < -0.39 is 0 Å². The van der Waals surface area contributed by atoms with Crippen molar-refractivity contribution in [3.05, 3.63) is 67.8 Å². The Morgan fingerprint density at radius 1 is 0.864 bits per heavy atom. The fourth-order valence-electron chi connectivity index (χ4n) is 1.25. The SMILES string of the molecule is C=CCC(=O)OCCOC(=O)CC=C.C=Cc1ccccc1. The molecule has 0 saturated carbocycles. The Labute approximate surface area is 131 Å². The van der Waals surface area contributed by atoms with Crippen LogP contribution in [0.1, 0.15) is 18.4 Å². The van der Waals surface area contributed by atoms with Crippen molar-refractivity contribution in [3.8, 4) is 0 Å². The van der Waals surface area contributed by atoms with Crippen molar-refractivity contribution >= 4 is 18.0 Å². The number of hydrogen-bond acceptors (Lipinski definition) is 4. The third kappa shape index (κ3) is 11.2. The minimum absolute atomic E-state index is 0.0789. The average molecular weight is 302 g/mol.